The number of piperidine rings is 1. The van der Waals surface area contributed by atoms with E-state index in [9.17, 15) is 4.79 Å². The monoisotopic (exact) mass is 209 g/mol. The zero-order valence-corrected chi connectivity index (χ0v) is 8.77. The van der Waals surface area contributed by atoms with Gasteiger partial charge in [-0.15, -0.1) is 0 Å². The van der Waals surface area contributed by atoms with Crippen LogP contribution in [-0.4, -0.2) is 29.2 Å². The highest BCUT2D eigenvalue weighted by Crippen LogP contribution is 2.16. The van der Waals surface area contributed by atoms with Crippen molar-refractivity contribution in [2.24, 2.45) is 5.92 Å². The number of nitrogens with zero attached hydrogens (tertiary/aromatic N) is 2. The Balaban J connectivity index is 1.86. The number of hydrogen-bond donors (Lipinski definition) is 1. The fourth-order valence-corrected chi connectivity index (χ4v) is 1.68. The maximum atomic E-state index is 11.7. The largest absolute Gasteiger partial charge is 0.363 e. The predicted molar refractivity (Wildman–Crippen MR) is 55.5 cm³/mol. The number of amides is 2. The van der Waals surface area contributed by atoms with Gasteiger partial charge in [0.05, 0.1) is 0 Å². The first-order chi connectivity index (χ1) is 7.25. The van der Waals surface area contributed by atoms with E-state index < -0.39 is 0 Å². The van der Waals surface area contributed by atoms with Gasteiger partial charge >= 0.3 is 6.03 Å². The van der Waals surface area contributed by atoms with E-state index in [1.54, 1.807) is 6.07 Å². The molecule has 0 spiro atoms. The van der Waals surface area contributed by atoms with E-state index in [1.165, 1.54) is 6.26 Å². The maximum absolute atomic E-state index is 11.7. The molecule has 5 heteroatoms. The van der Waals surface area contributed by atoms with Crippen LogP contribution >= 0.6 is 0 Å². The number of carbonyl (C=O) groups excluding carboxylic acids is 1. The lowest BCUT2D eigenvalue weighted by atomic mass is 10.00. The van der Waals surface area contributed by atoms with Crippen molar-refractivity contribution >= 4 is 11.8 Å². The molecule has 1 aliphatic rings. The van der Waals surface area contributed by atoms with Crippen LogP contribution < -0.4 is 5.32 Å². The molecule has 0 bridgehead atoms. The number of carbonyl (C=O) groups is 1. The molecule has 0 unspecified atom stereocenters. The first-order valence-electron chi connectivity index (χ1n) is 5.22. The molecule has 0 atom stereocenters. The average molecular weight is 209 g/mol. The third-order valence-corrected chi connectivity index (χ3v) is 2.74. The van der Waals surface area contributed by atoms with Crippen molar-refractivity contribution < 1.29 is 9.32 Å². The van der Waals surface area contributed by atoms with Gasteiger partial charge in [-0.05, 0) is 18.8 Å². The Morgan fingerprint density at radius 1 is 1.60 bits per heavy atom. The summed E-state index contributed by atoms with van der Waals surface area (Å²) in [5.41, 5.74) is 0. The van der Waals surface area contributed by atoms with E-state index in [2.05, 4.69) is 21.9 Å². The molecule has 82 valence electrons. The van der Waals surface area contributed by atoms with Crippen LogP contribution in [0.5, 0.6) is 0 Å². The van der Waals surface area contributed by atoms with Crippen LogP contribution in [-0.2, 0) is 0 Å². The number of anilines is 1. The Hall–Kier alpha value is -1.52. The van der Waals surface area contributed by atoms with Gasteiger partial charge in [-0.3, -0.25) is 5.32 Å². The fraction of sp³-hybridized carbons (Fsp3) is 0.600. The number of hydrogen-bond acceptors (Lipinski definition) is 3. The molecule has 0 saturated carbocycles. The number of rotatable bonds is 1. The third-order valence-electron chi connectivity index (χ3n) is 2.74. The van der Waals surface area contributed by atoms with Crippen molar-refractivity contribution in [2.45, 2.75) is 19.8 Å². The number of aromatic nitrogens is 1. The lowest BCUT2D eigenvalue weighted by Crippen LogP contribution is -2.40. The summed E-state index contributed by atoms with van der Waals surface area (Å²) in [6, 6.07) is 1.54. The molecule has 1 saturated heterocycles. The van der Waals surface area contributed by atoms with Crippen molar-refractivity contribution in [2.75, 3.05) is 18.4 Å². The van der Waals surface area contributed by atoms with Crippen molar-refractivity contribution in [3.63, 3.8) is 0 Å². The van der Waals surface area contributed by atoms with E-state index in [0.717, 1.165) is 31.8 Å². The molecule has 0 aromatic carbocycles. The molecule has 1 aromatic heterocycles. The van der Waals surface area contributed by atoms with Crippen LogP contribution in [0.25, 0.3) is 0 Å². The smallest absolute Gasteiger partial charge is 0.323 e. The molecule has 0 radical (unpaired) electrons. The summed E-state index contributed by atoms with van der Waals surface area (Å²) in [5.74, 6) is 1.19. The quantitative estimate of drug-likeness (QED) is 0.768. The zero-order valence-electron chi connectivity index (χ0n) is 8.77. The van der Waals surface area contributed by atoms with E-state index in [0.29, 0.717) is 5.82 Å². The SMILES string of the molecule is CC1CCN(C(=O)Nc2ccon2)CC1. The van der Waals surface area contributed by atoms with Gasteiger partial charge < -0.3 is 9.42 Å². The molecule has 1 aliphatic heterocycles. The minimum Gasteiger partial charge on any atom is -0.363 e. The molecule has 1 aromatic rings. The Kier molecular flexibility index (Phi) is 2.89. The molecular weight excluding hydrogens is 194 g/mol. The summed E-state index contributed by atoms with van der Waals surface area (Å²) in [5, 5.41) is 6.32. The van der Waals surface area contributed by atoms with Crippen LogP contribution in [0.1, 0.15) is 19.8 Å². The second-order valence-corrected chi connectivity index (χ2v) is 3.98. The average Bonchev–Trinajstić information content (AvgIpc) is 2.71. The van der Waals surface area contributed by atoms with E-state index in [4.69, 9.17) is 0 Å². The molecule has 15 heavy (non-hydrogen) atoms. The van der Waals surface area contributed by atoms with E-state index in [-0.39, 0.29) is 6.03 Å². The second kappa shape index (κ2) is 4.33. The summed E-state index contributed by atoms with van der Waals surface area (Å²) in [4.78, 5) is 13.5. The topological polar surface area (TPSA) is 58.4 Å². The third kappa shape index (κ3) is 2.49. The van der Waals surface area contributed by atoms with Gasteiger partial charge in [-0.1, -0.05) is 12.1 Å². The normalized spacial score (nSPS) is 17.8. The molecule has 5 nitrogen and oxygen atoms in total. The molecule has 2 heterocycles. The summed E-state index contributed by atoms with van der Waals surface area (Å²) in [6.45, 7) is 3.86. The number of nitrogens with one attached hydrogen (secondary N) is 1. The highest BCUT2D eigenvalue weighted by Gasteiger charge is 2.20. The lowest BCUT2D eigenvalue weighted by molar-refractivity contribution is 0.186. The highest BCUT2D eigenvalue weighted by molar-refractivity contribution is 5.88. The Morgan fingerprint density at radius 3 is 2.93 bits per heavy atom. The van der Waals surface area contributed by atoms with Gasteiger partial charge in [0.25, 0.3) is 0 Å². The standard InChI is InChI=1S/C10H15N3O2/c1-8-2-5-13(6-3-8)10(14)11-9-4-7-15-12-9/h4,7-8H,2-3,5-6H2,1H3,(H,11,12,14). The highest BCUT2D eigenvalue weighted by atomic mass is 16.5. The summed E-state index contributed by atoms with van der Waals surface area (Å²) >= 11 is 0. The van der Waals surface area contributed by atoms with Crippen molar-refractivity contribution in [3.05, 3.63) is 12.3 Å². The van der Waals surface area contributed by atoms with Crippen LogP contribution in [0, 0.1) is 5.92 Å². The van der Waals surface area contributed by atoms with Crippen molar-refractivity contribution in [1.82, 2.24) is 10.1 Å². The molecule has 1 N–H and O–H groups in total. The van der Waals surface area contributed by atoms with Gasteiger partial charge in [-0.25, -0.2) is 4.79 Å². The van der Waals surface area contributed by atoms with Gasteiger partial charge in [-0.2, -0.15) is 0 Å². The van der Waals surface area contributed by atoms with Crippen molar-refractivity contribution in [1.29, 1.82) is 0 Å². The first-order valence-corrected chi connectivity index (χ1v) is 5.22. The van der Waals surface area contributed by atoms with Crippen LogP contribution in [0.4, 0.5) is 10.6 Å². The zero-order chi connectivity index (χ0) is 10.7. The lowest BCUT2D eigenvalue weighted by Gasteiger charge is -2.29. The van der Waals surface area contributed by atoms with E-state index >= 15 is 0 Å². The molecular formula is C10H15N3O2. The van der Waals surface area contributed by atoms with Gasteiger partial charge in [0.2, 0.25) is 0 Å². The molecule has 2 amide bonds. The number of urea groups is 1. The molecule has 1 fully saturated rings. The Labute approximate surface area is 88.4 Å². The second-order valence-electron chi connectivity index (χ2n) is 3.98. The first kappa shape index (κ1) is 10.0. The predicted octanol–water partition coefficient (Wildman–Crippen LogP) is 1.94. The minimum atomic E-state index is -0.0872. The van der Waals surface area contributed by atoms with Gasteiger partial charge in [0, 0.05) is 19.2 Å². The van der Waals surface area contributed by atoms with Crippen LogP contribution in [0.3, 0.4) is 0 Å². The summed E-state index contributed by atoms with van der Waals surface area (Å²) < 4.78 is 4.64. The summed E-state index contributed by atoms with van der Waals surface area (Å²) in [7, 11) is 0. The molecule has 0 aliphatic carbocycles. The molecule has 2 rings (SSSR count). The van der Waals surface area contributed by atoms with Crippen LogP contribution in [0.2, 0.25) is 0 Å². The number of likely N-dealkylation sites (tertiary alicyclic amines) is 1. The van der Waals surface area contributed by atoms with Crippen molar-refractivity contribution in [3.8, 4) is 0 Å². The van der Waals surface area contributed by atoms with Gasteiger partial charge in [0.15, 0.2) is 5.82 Å². The Bertz CT molecular complexity index is 315. The minimum absolute atomic E-state index is 0.0872. The van der Waals surface area contributed by atoms with Crippen LogP contribution in [0.15, 0.2) is 16.9 Å². The van der Waals surface area contributed by atoms with E-state index in [1.807, 2.05) is 4.90 Å². The fourth-order valence-electron chi connectivity index (χ4n) is 1.68. The van der Waals surface area contributed by atoms with Gasteiger partial charge in [0.1, 0.15) is 6.26 Å². The maximum Gasteiger partial charge on any atom is 0.323 e. The summed E-state index contributed by atoms with van der Waals surface area (Å²) in [6.07, 6.45) is 3.59. The Morgan fingerprint density at radius 2 is 2.33 bits per heavy atom.